The molecule has 0 spiro atoms. The van der Waals surface area contributed by atoms with Crippen LogP contribution in [0.4, 0.5) is 5.69 Å². The smallest absolute Gasteiger partial charge is 0.0415 e. The number of hydrogen-bond acceptors (Lipinski definition) is 2. The monoisotopic (exact) mass is 280 g/mol. The van der Waals surface area contributed by atoms with E-state index >= 15 is 0 Å². The molecule has 0 aromatic heterocycles. The molecule has 1 heterocycles. The van der Waals surface area contributed by atoms with Crippen LogP contribution in [0.3, 0.4) is 0 Å². The summed E-state index contributed by atoms with van der Waals surface area (Å²) < 4.78 is 0. The van der Waals surface area contributed by atoms with Crippen molar-refractivity contribution in [1.82, 2.24) is 5.32 Å². The Labute approximate surface area is 127 Å². The van der Waals surface area contributed by atoms with Crippen molar-refractivity contribution in [2.45, 2.75) is 25.8 Å². The molecule has 0 aliphatic carbocycles. The molecule has 1 N–H and O–H groups in total. The summed E-state index contributed by atoms with van der Waals surface area (Å²) in [5.41, 5.74) is 4.26. The summed E-state index contributed by atoms with van der Waals surface area (Å²) in [6.45, 7) is 7.66. The van der Waals surface area contributed by atoms with Crippen LogP contribution in [-0.4, -0.2) is 19.6 Å². The van der Waals surface area contributed by atoms with Crippen molar-refractivity contribution in [2.75, 3.05) is 24.5 Å². The normalized spacial score (nSPS) is 16.6. The number of nitrogens with one attached hydrogen (secondary N) is 1. The van der Waals surface area contributed by atoms with Gasteiger partial charge in [0.25, 0.3) is 0 Å². The Morgan fingerprint density at radius 2 is 1.71 bits per heavy atom. The van der Waals surface area contributed by atoms with E-state index in [4.69, 9.17) is 0 Å². The Balaban J connectivity index is 1.72. The zero-order valence-electron chi connectivity index (χ0n) is 12.9. The SMILES string of the molecule is CCNC(C)c1ccccc1N1CC(c2ccccc2)C1. The van der Waals surface area contributed by atoms with E-state index in [-0.39, 0.29) is 0 Å². The van der Waals surface area contributed by atoms with Crippen LogP contribution in [0.2, 0.25) is 0 Å². The maximum absolute atomic E-state index is 3.52. The zero-order valence-corrected chi connectivity index (χ0v) is 12.9. The van der Waals surface area contributed by atoms with Gasteiger partial charge in [0.15, 0.2) is 0 Å². The number of benzene rings is 2. The molecule has 2 heteroatoms. The topological polar surface area (TPSA) is 15.3 Å². The van der Waals surface area contributed by atoms with E-state index in [1.54, 1.807) is 0 Å². The summed E-state index contributed by atoms with van der Waals surface area (Å²) >= 11 is 0. The molecule has 0 amide bonds. The summed E-state index contributed by atoms with van der Waals surface area (Å²) in [5, 5.41) is 3.52. The Bertz CT molecular complexity index is 573. The summed E-state index contributed by atoms with van der Waals surface area (Å²) in [6, 6.07) is 20.1. The average molecular weight is 280 g/mol. The maximum Gasteiger partial charge on any atom is 0.0415 e. The molecular formula is C19H24N2. The predicted octanol–water partition coefficient (Wildman–Crippen LogP) is 3.96. The highest BCUT2D eigenvalue weighted by molar-refractivity contribution is 5.58. The Morgan fingerprint density at radius 1 is 1.05 bits per heavy atom. The van der Waals surface area contributed by atoms with Gasteiger partial charge in [0.05, 0.1) is 0 Å². The largest absolute Gasteiger partial charge is 0.370 e. The molecule has 1 unspecified atom stereocenters. The summed E-state index contributed by atoms with van der Waals surface area (Å²) in [5.74, 6) is 0.675. The zero-order chi connectivity index (χ0) is 14.7. The van der Waals surface area contributed by atoms with E-state index in [0.29, 0.717) is 12.0 Å². The summed E-state index contributed by atoms with van der Waals surface area (Å²) in [6.07, 6.45) is 0. The lowest BCUT2D eigenvalue weighted by Gasteiger charge is -2.43. The van der Waals surface area contributed by atoms with E-state index in [1.807, 2.05) is 0 Å². The van der Waals surface area contributed by atoms with Crippen molar-refractivity contribution in [2.24, 2.45) is 0 Å². The summed E-state index contributed by atoms with van der Waals surface area (Å²) in [7, 11) is 0. The fourth-order valence-corrected chi connectivity index (χ4v) is 3.17. The van der Waals surface area contributed by atoms with Crippen LogP contribution >= 0.6 is 0 Å². The van der Waals surface area contributed by atoms with Crippen molar-refractivity contribution in [3.8, 4) is 0 Å². The molecular weight excluding hydrogens is 256 g/mol. The van der Waals surface area contributed by atoms with Crippen LogP contribution in [0.15, 0.2) is 54.6 Å². The predicted molar refractivity (Wildman–Crippen MR) is 89.9 cm³/mol. The Kier molecular flexibility index (Phi) is 4.26. The lowest BCUT2D eigenvalue weighted by Crippen LogP contribution is -2.45. The van der Waals surface area contributed by atoms with Crippen LogP contribution in [-0.2, 0) is 0 Å². The van der Waals surface area contributed by atoms with Crippen LogP contribution in [0, 0.1) is 0 Å². The molecule has 110 valence electrons. The Morgan fingerprint density at radius 3 is 2.43 bits per heavy atom. The first-order chi connectivity index (χ1) is 10.3. The molecule has 0 radical (unpaired) electrons. The first kappa shape index (κ1) is 14.2. The van der Waals surface area contributed by atoms with Gasteiger partial charge in [-0.2, -0.15) is 0 Å². The standard InChI is InChI=1S/C19H24N2/c1-3-20-15(2)18-11-7-8-12-19(18)21-13-17(14-21)16-9-5-4-6-10-16/h4-12,15,17,20H,3,13-14H2,1-2H3. The summed E-state index contributed by atoms with van der Waals surface area (Å²) in [4.78, 5) is 2.50. The Hall–Kier alpha value is -1.80. The van der Waals surface area contributed by atoms with Gasteiger partial charge in [0.1, 0.15) is 0 Å². The van der Waals surface area contributed by atoms with Gasteiger partial charge in [-0.3, -0.25) is 0 Å². The van der Waals surface area contributed by atoms with Gasteiger partial charge < -0.3 is 10.2 Å². The average Bonchev–Trinajstić information content (AvgIpc) is 2.48. The number of rotatable bonds is 5. The molecule has 0 saturated carbocycles. The molecule has 1 saturated heterocycles. The first-order valence-electron chi connectivity index (χ1n) is 7.91. The van der Waals surface area contributed by atoms with Crippen molar-refractivity contribution >= 4 is 5.69 Å². The number of anilines is 1. The number of nitrogens with zero attached hydrogens (tertiary/aromatic N) is 1. The lowest BCUT2D eigenvalue weighted by molar-refractivity contribution is 0.517. The second-order valence-corrected chi connectivity index (χ2v) is 5.85. The highest BCUT2D eigenvalue weighted by Crippen LogP contribution is 2.35. The fourth-order valence-electron chi connectivity index (χ4n) is 3.17. The molecule has 3 rings (SSSR count). The van der Waals surface area contributed by atoms with Gasteiger partial charge in [0, 0.05) is 30.7 Å². The third kappa shape index (κ3) is 2.96. The molecule has 0 bridgehead atoms. The minimum atomic E-state index is 0.405. The molecule has 2 aromatic carbocycles. The van der Waals surface area contributed by atoms with Crippen LogP contribution in [0.5, 0.6) is 0 Å². The highest BCUT2D eigenvalue weighted by atomic mass is 15.2. The lowest BCUT2D eigenvalue weighted by atomic mass is 9.90. The van der Waals surface area contributed by atoms with E-state index in [0.717, 1.165) is 19.6 Å². The molecule has 1 aliphatic heterocycles. The quantitative estimate of drug-likeness (QED) is 0.892. The van der Waals surface area contributed by atoms with Crippen molar-refractivity contribution in [3.63, 3.8) is 0 Å². The maximum atomic E-state index is 3.52. The second kappa shape index (κ2) is 6.31. The molecule has 2 aromatic rings. The van der Waals surface area contributed by atoms with E-state index in [1.165, 1.54) is 16.8 Å². The van der Waals surface area contributed by atoms with Crippen molar-refractivity contribution in [3.05, 3.63) is 65.7 Å². The van der Waals surface area contributed by atoms with Crippen LogP contribution < -0.4 is 10.2 Å². The van der Waals surface area contributed by atoms with Gasteiger partial charge in [0.2, 0.25) is 0 Å². The molecule has 21 heavy (non-hydrogen) atoms. The van der Waals surface area contributed by atoms with E-state index in [2.05, 4.69) is 78.7 Å². The molecule has 1 aliphatic rings. The van der Waals surface area contributed by atoms with Gasteiger partial charge in [-0.25, -0.2) is 0 Å². The first-order valence-corrected chi connectivity index (χ1v) is 7.91. The molecule has 1 fully saturated rings. The molecule has 1 atom stereocenters. The van der Waals surface area contributed by atoms with Gasteiger partial charge in [-0.1, -0.05) is 55.5 Å². The second-order valence-electron chi connectivity index (χ2n) is 5.85. The minimum absolute atomic E-state index is 0.405. The number of hydrogen-bond donors (Lipinski definition) is 1. The van der Waals surface area contributed by atoms with Gasteiger partial charge in [-0.05, 0) is 30.7 Å². The van der Waals surface area contributed by atoms with Crippen LogP contribution in [0.1, 0.15) is 36.9 Å². The van der Waals surface area contributed by atoms with Crippen molar-refractivity contribution in [1.29, 1.82) is 0 Å². The van der Waals surface area contributed by atoms with Crippen molar-refractivity contribution < 1.29 is 0 Å². The van der Waals surface area contributed by atoms with E-state index < -0.39 is 0 Å². The third-order valence-electron chi connectivity index (χ3n) is 4.41. The minimum Gasteiger partial charge on any atom is -0.370 e. The number of para-hydroxylation sites is 1. The molecule has 2 nitrogen and oxygen atoms in total. The van der Waals surface area contributed by atoms with Gasteiger partial charge >= 0.3 is 0 Å². The highest BCUT2D eigenvalue weighted by Gasteiger charge is 2.29. The van der Waals surface area contributed by atoms with Gasteiger partial charge in [-0.15, -0.1) is 0 Å². The third-order valence-corrected chi connectivity index (χ3v) is 4.41. The fraction of sp³-hybridized carbons (Fsp3) is 0.368. The van der Waals surface area contributed by atoms with E-state index in [9.17, 15) is 0 Å². The van der Waals surface area contributed by atoms with Crippen LogP contribution in [0.25, 0.3) is 0 Å².